The lowest BCUT2D eigenvalue weighted by atomic mass is 10.3. The van der Waals surface area contributed by atoms with Crippen molar-refractivity contribution in [2.75, 3.05) is 0 Å². The van der Waals surface area contributed by atoms with Crippen LogP contribution in [0.3, 0.4) is 0 Å². The number of allylic oxidation sites excluding steroid dienone is 1. The molecule has 0 amide bonds. The van der Waals surface area contributed by atoms with Crippen LogP contribution in [0.15, 0.2) is 17.7 Å². The zero-order valence-corrected chi connectivity index (χ0v) is 7.40. The van der Waals surface area contributed by atoms with E-state index in [4.69, 9.17) is 5.26 Å². The van der Waals surface area contributed by atoms with Gasteiger partial charge in [-0.3, -0.25) is 0 Å². The summed E-state index contributed by atoms with van der Waals surface area (Å²) in [6.45, 7) is 3.87. The first-order valence-electron chi connectivity index (χ1n) is 3.37. The van der Waals surface area contributed by atoms with E-state index in [-0.39, 0.29) is 0 Å². The number of hydrogen-bond acceptors (Lipinski definition) is 2. The van der Waals surface area contributed by atoms with Gasteiger partial charge in [-0.25, -0.2) is 0 Å². The third-order valence-electron chi connectivity index (χ3n) is 1.30. The van der Waals surface area contributed by atoms with Gasteiger partial charge >= 0.3 is 0 Å². The summed E-state index contributed by atoms with van der Waals surface area (Å²) in [5, 5.41) is 8.49. The molecule has 0 aliphatic heterocycles. The summed E-state index contributed by atoms with van der Waals surface area (Å²) in [5.41, 5.74) is 0.756. The molecule has 1 rings (SSSR count). The number of aryl methyl sites for hydroxylation is 1. The smallest absolute Gasteiger partial charge is 0.0944 e. The van der Waals surface area contributed by atoms with Gasteiger partial charge in [-0.05, 0) is 32.1 Å². The highest BCUT2D eigenvalue weighted by atomic mass is 32.1. The highest BCUT2D eigenvalue weighted by Gasteiger charge is 1.92. The van der Waals surface area contributed by atoms with Crippen LogP contribution in [0.1, 0.15) is 16.7 Å². The minimum Gasteiger partial charge on any atom is -0.193 e. The van der Waals surface area contributed by atoms with Gasteiger partial charge in [0.05, 0.1) is 6.07 Å². The summed E-state index contributed by atoms with van der Waals surface area (Å²) in [5.74, 6) is 0. The quantitative estimate of drug-likeness (QED) is 0.584. The van der Waals surface area contributed by atoms with E-state index < -0.39 is 0 Å². The second kappa shape index (κ2) is 3.36. The Morgan fingerprint density at radius 3 is 2.82 bits per heavy atom. The van der Waals surface area contributed by atoms with E-state index in [1.165, 1.54) is 4.88 Å². The van der Waals surface area contributed by atoms with E-state index in [2.05, 4.69) is 19.1 Å². The van der Waals surface area contributed by atoms with E-state index in [9.17, 15) is 0 Å². The Morgan fingerprint density at radius 1 is 1.64 bits per heavy atom. The molecule has 1 nitrogen and oxygen atoms in total. The monoisotopic (exact) mass is 163 g/mol. The number of rotatable bonds is 1. The normalized spacial score (nSPS) is 11.2. The average molecular weight is 163 g/mol. The van der Waals surface area contributed by atoms with Gasteiger partial charge in [0.1, 0.15) is 0 Å². The molecule has 0 bridgehead atoms. The van der Waals surface area contributed by atoms with E-state index in [1.54, 1.807) is 11.3 Å². The maximum atomic E-state index is 8.49. The maximum absolute atomic E-state index is 8.49. The highest BCUT2D eigenvalue weighted by molar-refractivity contribution is 7.12. The molecule has 0 N–H and O–H groups in total. The first-order chi connectivity index (χ1) is 5.22. The van der Waals surface area contributed by atoms with Crippen LogP contribution in [0.4, 0.5) is 0 Å². The molecule has 0 spiro atoms. The molecular weight excluding hydrogens is 154 g/mol. The van der Waals surface area contributed by atoms with Gasteiger partial charge in [0.2, 0.25) is 0 Å². The summed E-state index contributed by atoms with van der Waals surface area (Å²) in [6, 6.07) is 6.18. The van der Waals surface area contributed by atoms with Gasteiger partial charge in [-0.15, -0.1) is 11.3 Å². The topological polar surface area (TPSA) is 23.8 Å². The first-order valence-corrected chi connectivity index (χ1v) is 4.19. The molecule has 0 radical (unpaired) electrons. The van der Waals surface area contributed by atoms with Gasteiger partial charge in [-0.1, -0.05) is 0 Å². The van der Waals surface area contributed by atoms with Crippen molar-refractivity contribution >= 4 is 17.4 Å². The van der Waals surface area contributed by atoms with Crippen LogP contribution in [-0.2, 0) is 0 Å². The molecule has 2 heteroatoms. The Hall–Kier alpha value is -1.07. The van der Waals surface area contributed by atoms with E-state index in [1.807, 2.05) is 19.1 Å². The van der Waals surface area contributed by atoms with Gasteiger partial charge in [0.25, 0.3) is 0 Å². The maximum Gasteiger partial charge on any atom is 0.0944 e. The summed E-state index contributed by atoms with van der Waals surface area (Å²) in [4.78, 5) is 2.43. The van der Waals surface area contributed by atoms with Crippen molar-refractivity contribution in [2.24, 2.45) is 0 Å². The summed E-state index contributed by atoms with van der Waals surface area (Å²) in [7, 11) is 0. The fourth-order valence-corrected chi connectivity index (χ4v) is 1.66. The third kappa shape index (κ3) is 2.21. The minimum atomic E-state index is 0.756. The van der Waals surface area contributed by atoms with Crippen molar-refractivity contribution < 1.29 is 0 Å². The molecule has 0 aliphatic rings. The third-order valence-corrected chi connectivity index (χ3v) is 2.24. The molecule has 0 atom stereocenters. The lowest BCUT2D eigenvalue weighted by Crippen LogP contribution is -1.64. The zero-order chi connectivity index (χ0) is 8.27. The van der Waals surface area contributed by atoms with Crippen LogP contribution < -0.4 is 0 Å². The average Bonchev–Trinajstić information content (AvgIpc) is 2.35. The molecule has 11 heavy (non-hydrogen) atoms. The van der Waals surface area contributed by atoms with Crippen molar-refractivity contribution in [2.45, 2.75) is 13.8 Å². The molecule has 0 unspecified atom stereocenters. The predicted molar refractivity (Wildman–Crippen MR) is 48.3 cm³/mol. The lowest BCUT2D eigenvalue weighted by Gasteiger charge is -1.83. The molecule has 1 heterocycles. The fourth-order valence-electron chi connectivity index (χ4n) is 0.777. The molecule has 0 fully saturated rings. The Kier molecular flexibility index (Phi) is 2.45. The van der Waals surface area contributed by atoms with E-state index in [0.717, 1.165) is 10.5 Å². The zero-order valence-electron chi connectivity index (χ0n) is 6.59. The second-order valence-electron chi connectivity index (χ2n) is 2.39. The number of nitrogens with zero attached hydrogens (tertiary/aromatic N) is 1. The molecule has 0 aliphatic carbocycles. The molecule has 0 saturated carbocycles. The second-order valence-corrected chi connectivity index (χ2v) is 3.71. The molecule has 1 aromatic rings. The Morgan fingerprint density at radius 2 is 2.36 bits per heavy atom. The number of thiophene rings is 1. The Balaban J connectivity index is 2.89. The van der Waals surface area contributed by atoms with Crippen LogP contribution in [0.5, 0.6) is 0 Å². The molecular formula is C9H9NS. The Bertz CT molecular complexity index is 315. The lowest BCUT2D eigenvalue weighted by molar-refractivity contribution is 1.46. The first kappa shape index (κ1) is 8.03. The van der Waals surface area contributed by atoms with Crippen LogP contribution in [0.2, 0.25) is 0 Å². The Labute approximate surface area is 70.6 Å². The van der Waals surface area contributed by atoms with Gasteiger partial charge < -0.3 is 0 Å². The van der Waals surface area contributed by atoms with Crippen LogP contribution in [0, 0.1) is 18.3 Å². The molecule has 0 saturated heterocycles. The van der Waals surface area contributed by atoms with E-state index >= 15 is 0 Å². The highest BCUT2D eigenvalue weighted by Crippen LogP contribution is 2.17. The van der Waals surface area contributed by atoms with E-state index in [0.29, 0.717) is 0 Å². The predicted octanol–water partition coefficient (Wildman–Crippen LogP) is 2.98. The molecule has 56 valence electrons. The van der Waals surface area contributed by atoms with Crippen molar-refractivity contribution in [1.29, 1.82) is 5.26 Å². The number of hydrogen-bond donors (Lipinski definition) is 0. The van der Waals surface area contributed by atoms with Gasteiger partial charge in [0, 0.05) is 15.3 Å². The summed E-state index contributed by atoms with van der Waals surface area (Å²) < 4.78 is 0. The van der Waals surface area contributed by atoms with Crippen molar-refractivity contribution in [3.8, 4) is 6.07 Å². The van der Waals surface area contributed by atoms with Gasteiger partial charge in [-0.2, -0.15) is 5.26 Å². The summed E-state index contributed by atoms with van der Waals surface area (Å²) >= 11 is 1.70. The van der Waals surface area contributed by atoms with Crippen LogP contribution >= 0.6 is 11.3 Å². The van der Waals surface area contributed by atoms with Crippen LogP contribution in [0.25, 0.3) is 6.08 Å². The minimum absolute atomic E-state index is 0.756. The number of nitriles is 1. The summed E-state index contributed by atoms with van der Waals surface area (Å²) in [6.07, 6.45) is 1.90. The SMILES string of the molecule is C/C(C#N)=C\c1ccc(C)s1. The van der Waals surface area contributed by atoms with Crippen molar-refractivity contribution in [3.63, 3.8) is 0 Å². The molecule has 0 aromatic carbocycles. The van der Waals surface area contributed by atoms with Crippen molar-refractivity contribution in [3.05, 3.63) is 27.5 Å². The van der Waals surface area contributed by atoms with Crippen LogP contribution in [-0.4, -0.2) is 0 Å². The van der Waals surface area contributed by atoms with Gasteiger partial charge in [0.15, 0.2) is 0 Å². The standard InChI is InChI=1S/C9H9NS/c1-7(6-10)5-9-4-3-8(2)11-9/h3-5H,1-2H3/b7-5+. The molecule has 1 aromatic heterocycles. The van der Waals surface area contributed by atoms with Crippen molar-refractivity contribution in [1.82, 2.24) is 0 Å². The largest absolute Gasteiger partial charge is 0.193 e. The fraction of sp³-hybridized carbons (Fsp3) is 0.222.